The van der Waals surface area contributed by atoms with Crippen LogP contribution in [0.3, 0.4) is 0 Å². The summed E-state index contributed by atoms with van der Waals surface area (Å²) in [5, 5.41) is 18.9. The van der Waals surface area contributed by atoms with Crippen LogP contribution in [0.2, 0.25) is 0 Å². The molecule has 31 heavy (non-hydrogen) atoms. The fourth-order valence-electron chi connectivity index (χ4n) is 3.92. The molecule has 1 saturated heterocycles. The number of aromatic amines is 1. The van der Waals surface area contributed by atoms with Gasteiger partial charge >= 0.3 is 6.09 Å². The Kier molecular flexibility index (Phi) is 5.72. The van der Waals surface area contributed by atoms with Crippen molar-refractivity contribution in [3.05, 3.63) is 82.1 Å². The summed E-state index contributed by atoms with van der Waals surface area (Å²) in [5.41, 5.74) is 1.37. The van der Waals surface area contributed by atoms with Crippen LogP contribution in [0.25, 0.3) is 11.3 Å². The van der Waals surface area contributed by atoms with E-state index in [9.17, 15) is 20.0 Å². The van der Waals surface area contributed by atoms with Gasteiger partial charge in [-0.2, -0.15) is 5.26 Å². The number of hydrogen-bond acceptors (Lipinski definition) is 4. The number of pyridine rings is 1. The summed E-state index contributed by atoms with van der Waals surface area (Å²) in [6.45, 7) is 0.496. The summed E-state index contributed by atoms with van der Waals surface area (Å²) in [5.74, 6) is 1.35. The molecule has 156 valence electrons. The zero-order valence-electron chi connectivity index (χ0n) is 16.7. The van der Waals surface area contributed by atoms with Gasteiger partial charge in [0.15, 0.2) is 5.43 Å². The number of aromatic nitrogens is 1. The standard InChI is InChI=1S/C24H21N3O4/c25-15-21-22(28)14-17(13-18-5-4-12-27(18)24(29)30)26-23(21)16-8-10-20(11-9-16)31-19-6-2-1-3-7-19/h1-3,6-11,14,18H,4-5,12-13H2,(H,26,28)(H,29,30). The Bertz CT molecular complexity index is 1180. The van der Waals surface area contributed by atoms with Gasteiger partial charge in [0.1, 0.15) is 23.1 Å². The highest BCUT2D eigenvalue weighted by Gasteiger charge is 2.29. The molecule has 1 unspecified atom stereocenters. The first-order chi connectivity index (χ1) is 15.0. The van der Waals surface area contributed by atoms with Gasteiger partial charge in [0, 0.05) is 30.8 Å². The van der Waals surface area contributed by atoms with Crippen molar-refractivity contribution in [1.82, 2.24) is 9.88 Å². The predicted molar refractivity (Wildman–Crippen MR) is 115 cm³/mol. The number of likely N-dealkylation sites (tertiary alicyclic amines) is 1. The molecule has 1 fully saturated rings. The van der Waals surface area contributed by atoms with Crippen LogP contribution in [-0.4, -0.2) is 33.7 Å². The summed E-state index contributed by atoms with van der Waals surface area (Å²) in [6, 6.07) is 19.7. The number of H-pyrrole nitrogens is 1. The minimum Gasteiger partial charge on any atom is -0.465 e. The topological polar surface area (TPSA) is 106 Å². The first-order valence-electron chi connectivity index (χ1n) is 10.0. The smallest absolute Gasteiger partial charge is 0.407 e. The summed E-state index contributed by atoms with van der Waals surface area (Å²) in [7, 11) is 0. The molecule has 0 bridgehead atoms. The molecule has 1 aliphatic heterocycles. The molecule has 3 aromatic rings. The van der Waals surface area contributed by atoms with E-state index in [-0.39, 0.29) is 17.0 Å². The van der Waals surface area contributed by atoms with Crippen molar-refractivity contribution in [3.63, 3.8) is 0 Å². The Labute approximate surface area is 179 Å². The fourth-order valence-corrected chi connectivity index (χ4v) is 3.92. The van der Waals surface area contributed by atoms with E-state index in [1.165, 1.54) is 11.0 Å². The Balaban J connectivity index is 1.62. The molecule has 1 amide bonds. The van der Waals surface area contributed by atoms with E-state index in [1.807, 2.05) is 36.4 Å². The van der Waals surface area contributed by atoms with Crippen LogP contribution >= 0.6 is 0 Å². The summed E-state index contributed by atoms with van der Waals surface area (Å²) >= 11 is 0. The van der Waals surface area contributed by atoms with Crippen molar-refractivity contribution < 1.29 is 14.6 Å². The third kappa shape index (κ3) is 4.43. The minimum absolute atomic E-state index is 0.0296. The highest BCUT2D eigenvalue weighted by molar-refractivity contribution is 5.68. The first-order valence-corrected chi connectivity index (χ1v) is 10.0. The number of hydrogen-bond donors (Lipinski definition) is 2. The number of benzene rings is 2. The number of ether oxygens (including phenoxy) is 1. The van der Waals surface area contributed by atoms with Crippen LogP contribution in [0.4, 0.5) is 4.79 Å². The Hall–Kier alpha value is -4.05. The molecule has 0 aliphatic carbocycles. The van der Waals surface area contributed by atoms with E-state index in [4.69, 9.17) is 4.74 Å². The SMILES string of the molecule is N#Cc1c(-c2ccc(Oc3ccccc3)cc2)[nH]c(CC2CCCN2C(=O)O)cc1=O. The number of rotatable bonds is 5. The third-order valence-electron chi connectivity index (χ3n) is 5.40. The number of nitrogens with zero attached hydrogens (tertiary/aromatic N) is 2. The van der Waals surface area contributed by atoms with Crippen molar-refractivity contribution in [3.8, 4) is 28.8 Å². The normalized spacial score (nSPS) is 15.5. The Morgan fingerprint density at radius 2 is 1.87 bits per heavy atom. The van der Waals surface area contributed by atoms with Gasteiger partial charge in [-0.15, -0.1) is 0 Å². The minimum atomic E-state index is -0.951. The van der Waals surface area contributed by atoms with Gasteiger partial charge in [0.2, 0.25) is 0 Å². The monoisotopic (exact) mass is 415 g/mol. The number of carbonyl (C=O) groups is 1. The summed E-state index contributed by atoms with van der Waals surface area (Å²) in [4.78, 5) is 28.6. The van der Waals surface area contributed by atoms with Gasteiger partial charge in [0.05, 0.1) is 5.69 Å². The van der Waals surface area contributed by atoms with E-state index in [0.29, 0.717) is 41.4 Å². The van der Waals surface area contributed by atoms with Crippen LogP contribution in [-0.2, 0) is 6.42 Å². The molecule has 2 aromatic carbocycles. The molecule has 0 radical (unpaired) electrons. The van der Waals surface area contributed by atoms with Crippen LogP contribution in [0.15, 0.2) is 65.5 Å². The maximum absolute atomic E-state index is 12.6. The molecule has 2 heterocycles. The van der Waals surface area contributed by atoms with Crippen LogP contribution in [0, 0.1) is 11.3 Å². The average Bonchev–Trinajstić information content (AvgIpc) is 3.23. The van der Waals surface area contributed by atoms with Gasteiger partial charge in [-0.25, -0.2) is 4.79 Å². The lowest BCUT2D eigenvalue weighted by Gasteiger charge is -2.21. The van der Waals surface area contributed by atoms with Gasteiger partial charge < -0.3 is 19.7 Å². The lowest BCUT2D eigenvalue weighted by Crippen LogP contribution is -2.36. The number of carboxylic acid groups (broad SMARTS) is 1. The van der Waals surface area contributed by atoms with Crippen molar-refractivity contribution in [1.29, 1.82) is 5.26 Å². The molecule has 1 aromatic heterocycles. The number of nitrogens with one attached hydrogen (secondary N) is 1. The zero-order valence-corrected chi connectivity index (χ0v) is 16.7. The second-order valence-corrected chi connectivity index (χ2v) is 7.44. The quantitative estimate of drug-likeness (QED) is 0.643. The van der Waals surface area contributed by atoms with E-state index >= 15 is 0 Å². The lowest BCUT2D eigenvalue weighted by molar-refractivity contribution is 0.140. The molecule has 0 saturated carbocycles. The van der Waals surface area contributed by atoms with Crippen molar-refractivity contribution in [2.75, 3.05) is 6.54 Å². The summed E-state index contributed by atoms with van der Waals surface area (Å²) < 4.78 is 5.80. The Morgan fingerprint density at radius 1 is 1.16 bits per heavy atom. The zero-order chi connectivity index (χ0) is 21.8. The van der Waals surface area contributed by atoms with E-state index in [1.54, 1.807) is 24.3 Å². The largest absolute Gasteiger partial charge is 0.465 e. The van der Waals surface area contributed by atoms with Crippen molar-refractivity contribution in [2.24, 2.45) is 0 Å². The fraction of sp³-hybridized carbons (Fsp3) is 0.208. The second-order valence-electron chi connectivity index (χ2n) is 7.44. The maximum Gasteiger partial charge on any atom is 0.407 e. The highest BCUT2D eigenvalue weighted by atomic mass is 16.5. The van der Waals surface area contributed by atoms with Crippen molar-refractivity contribution in [2.45, 2.75) is 25.3 Å². The van der Waals surface area contributed by atoms with Crippen LogP contribution in [0.1, 0.15) is 24.1 Å². The average molecular weight is 415 g/mol. The van der Waals surface area contributed by atoms with E-state index < -0.39 is 6.09 Å². The maximum atomic E-state index is 12.6. The predicted octanol–water partition coefficient (Wildman–Crippen LogP) is 4.39. The van der Waals surface area contributed by atoms with E-state index in [2.05, 4.69) is 4.98 Å². The molecule has 1 aliphatic rings. The van der Waals surface area contributed by atoms with Crippen LogP contribution < -0.4 is 10.2 Å². The van der Waals surface area contributed by atoms with Crippen molar-refractivity contribution >= 4 is 6.09 Å². The Morgan fingerprint density at radius 3 is 2.55 bits per heavy atom. The van der Waals surface area contributed by atoms with Gasteiger partial charge in [-0.3, -0.25) is 4.79 Å². The molecule has 2 N–H and O–H groups in total. The second kappa shape index (κ2) is 8.76. The first kappa shape index (κ1) is 20.2. The molecule has 1 atom stereocenters. The van der Waals surface area contributed by atoms with E-state index in [0.717, 1.165) is 12.8 Å². The molecule has 7 heteroatoms. The number of para-hydroxylation sites is 1. The third-order valence-corrected chi connectivity index (χ3v) is 5.40. The van der Waals surface area contributed by atoms with Gasteiger partial charge in [0.25, 0.3) is 0 Å². The molecular weight excluding hydrogens is 394 g/mol. The molecular formula is C24H21N3O4. The number of amides is 1. The molecule has 0 spiro atoms. The molecule has 7 nitrogen and oxygen atoms in total. The van der Waals surface area contributed by atoms with Gasteiger partial charge in [-0.05, 0) is 54.8 Å². The lowest BCUT2D eigenvalue weighted by atomic mass is 10.0. The summed E-state index contributed by atoms with van der Waals surface area (Å²) in [6.07, 6.45) is 0.991. The van der Waals surface area contributed by atoms with Crippen LogP contribution in [0.5, 0.6) is 11.5 Å². The van der Waals surface area contributed by atoms with Gasteiger partial charge in [-0.1, -0.05) is 18.2 Å². The number of nitriles is 1. The molecule has 4 rings (SSSR count). The highest BCUT2D eigenvalue weighted by Crippen LogP contribution is 2.27.